The Kier molecular flexibility index (Phi) is 2.96. The van der Waals surface area contributed by atoms with Crippen LogP contribution in [0.1, 0.15) is 5.76 Å². The minimum Gasteiger partial charge on any atom is -0.452 e. The lowest BCUT2D eigenvalue weighted by atomic mass is 10.1. The van der Waals surface area contributed by atoms with Crippen LogP contribution in [0.5, 0.6) is 0 Å². The van der Waals surface area contributed by atoms with Gasteiger partial charge in [0.1, 0.15) is 5.76 Å². The van der Waals surface area contributed by atoms with Crippen LogP contribution in [-0.4, -0.2) is 16.0 Å². The van der Waals surface area contributed by atoms with Gasteiger partial charge in [-0.15, -0.1) is 0 Å². The number of hydrogen-bond acceptors (Lipinski definition) is 5. The second kappa shape index (κ2) is 4.58. The molecule has 0 saturated heterocycles. The van der Waals surface area contributed by atoms with Crippen molar-refractivity contribution >= 4 is 11.5 Å². The maximum absolute atomic E-state index is 10.9. The van der Waals surface area contributed by atoms with Crippen LogP contribution in [0, 0.1) is 10.1 Å². The maximum Gasteiger partial charge on any atom is 0.280 e. The fourth-order valence-electron chi connectivity index (χ4n) is 1.51. The molecule has 0 fully saturated rings. The predicted molar refractivity (Wildman–Crippen MR) is 63.3 cm³/mol. The minimum atomic E-state index is -0.499. The van der Waals surface area contributed by atoms with Crippen molar-refractivity contribution < 1.29 is 14.5 Å². The van der Waals surface area contributed by atoms with Gasteiger partial charge in [0.05, 0.1) is 10.5 Å². The number of rotatable bonds is 3. The number of nitro groups is 1. The molecule has 0 aliphatic carbocycles. The highest BCUT2D eigenvalue weighted by Gasteiger charge is 2.17. The topological polar surface area (TPSA) is 115 Å². The zero-order valence-electron chi connectivity index (χ0n) is 9.11. The Balaban J connectivity index is 2.50. The average Bonchev–Trinajstić information content (AvgIpc) is 2.87. The average molecular weight is 247 g/mol. The van der Waals surface area contributed by atoms with Crippen molar-refractivity contribution in [3.8, 4) is 11.3 Å². The van der Waals surface area contributed by atoms with Crippen LogP contribution in [-0.2, 0) is 0 Å². The number of amidine groups is 1. The van der Waals surface area contributed by atoms with Crippen molar-refractivity contribution in [3.05, 3.63) is 52.3 Å². The van der Waals surface area contributed by atoms with Gasteiger partial charge in [0.15, 0.2) is 5.76 Å². The molecular weight excluding hydrogens is 238 g/mol. The minimum absolute atomic E-state index is 0.0714. The van der Waals surface area contributed by atoms with E-state index in [9.17, 15) is 10.1 Å². The number of para-hydroxylation sites is 1. The van der Waals surface area contributed by atoms with E-state index in [1.165, 1.54) is 18.2 Å². The summed E-state index contributed by atoms with van der Waals surface area (Å²) in [7, 11) is 0. The standard InChI is InChI=1S/C11H9N3O4/c12-11(13-15)10-6-5-9(18-10)7-3-1-2-4-8(7)14(16)17/h1-6,15H,(H2,12,13). The zero-order chi connectivity index (χ0) is 13.1. The zero-order valence-corrected chi connectivity index (χ0v) is 9.11. The summed E-state index contributed by atoms with van der Waals surface area (Å²) in [6, 6.07) is 9.16. The Morgan fingerprint density at radius 3 is 2.72 bits per heavy atom. The lowest BCUT2D eigenvalue weighted by Crippen LogP contribution is -2.11. The molecule has 0 spiro atoms. The highest BCUT2D eigenvalue weighted by Crippen LogP contribution is 2.30. The number of oxime groups is 1. The van der Waals surface area contributed by atoms with E-state index in [0.717, 1.165) is 0 Å². The Bertz CT molecular complexity index is 618. The fourth-order valence-corrected chi connectivity index (χ4v) is 1.51. The summed E-state index contributed by atoms with van der Waals surface area (Å²) in [5, 5.41) is 22.2. The van der Waals surface area contributed by atoms with Gasteiger partial charge >= 0.3 is 0 Å². The van der Waals surface area contributed by atoms with Crippen molar-refractivity contribution in [1.82, 2.24) is 0 Å². The van der Waals surface area contributed by atoms with Gasteiger partial charge in [-0.2, -0.15) is 0 Å². The summed E-state index contributed by atoms with van der Waals surface area (Å²) in [5.74, 6) is 0.231. The SMILES string of the molecule is NC(=NO)c1ccc(-c2ccccc2[N+](=O)[O-])o1. The first-order valence-electron chi connectivity index (χ1n) is 4.95. The van der Waals surface area contributed by atoms with Gasteiger partial charge in [-0.3, -0.25) is 10.1 Å². The highest BCUT2D eigenvalue weighted by atomic mass is 16.6. The molecule has 2 rings (SSSR count). The van der Waals surface area contributed by atoms with E-state index >= 15 is 0 Å². The number of nitrogens with zero attached hydrogens (tertiary/aromatic N) is 2. The van der Waals surface area contributed by atoms with Gasteiger partial charge in [-0.05, 0) is 18.2 Å². The second-order valence-corrected chi connectivity index (χ2v) is 3.42. The molecule has 0 aliphatic rings. The summed E-state index contributed by atoms with van der Waals surface area (Å²) >= 11 is 0. The van der Waals surface area contributed by atoms with Gasteiger partial charge in [0.2, 0.25) is 5.84 Å². The fraction of sp³-hybridized carbons (Fsp3) is 0. The Morgan fingerprint density at radius 1 is 1.33 bits per heavy atom. The van der Waals surface area contributed by atoms with Crippen LogP contribution in [0.15, 0.2) is 46.0 Å². The van der Waals surface area contributed by atoms with E-state index < -0.39 is 4.92 Å². The molecule has 3 N–H and O–H groups in total. The van der Waals surface area contributed by atoms with Gasteiger partial charge in [0.25, 0.3) is 5.69 Å². The van der Waals surface area contributed by atoms with E-state index in [2.05, 4.69) is 5.16 Å². The number of nitro benzene ring substituents is 1. The molecular formula is C11H9N3O4. The maximum atomic E-state index is 10.9. The molecule has 0 atom stereocenters. The van der Waals surface area contributed by atoms with Crippen LogP contribution in [0.25, 0.3) is 11.3 Å². The largest absolute Gasteiger partial charge is 0.452 e. The Hall–Kier alpha value is -2.83. The van der Waals surface area contributed by atoms with E-state index in [-0.39, 0.29) is 23.0 Å². The van der Waals surface area contributed by atoms with E-state index in [1.54, 1.807) is 18.2 Å². The molecule has 0 unspecified atom stereocenters. The molecule has 1 aromatic heterocycles. The first kappa shape index (κ1) is 11.6. The Labute approximate surface area is 101 Å². The normalized spacial score (nSPS) is 11.4. The molecule has 18 heavy (non-hydrogen) atoms. The number of hydrogen-bond donors (Lipinski definition) is 2. The molecule has 0 saturated carbocycles. The molecule has 0 aliphatic heterocycles. The summed E-state index contributed by atoms with van der Waals surface area (Å²) in [6.07, 6.45) is 0. The monoisotopic (exact) mass is 247 g/mol. The first-order valence-corrected chi connectivity index (χ1v) is 4.95. The lowest BCUT2D eigenvalue weighted by Gasteiger charge is -1.99. The van der Waals surface area contributed by atoms with Gasteiger partial charge in [-0.1, -0.05) is 17.3 Å². The third-order valence-electron chi connectivity index (χ3n) is 2.33. The van der Waals surface area contributed by atoms with Crippen LogP contribution < -0.4 is 5.73 Å². The summed E-state index contributed by atoms with van der Waals surface area (Å²) in [5.41, 5.74) is 5.62. The van der Waals surface area contributed by atoms with Crippen molar-refractivity contribution in [1.29, 1.82) is 0 Å². The molecule has 7 nitrogen and oxygen atoms in total. The Morgan fingerprint density at radius 2 is 2.06 bits per heavy atom. The first-order chi connectivity index (χ1) is 8.63. The molecule has 7 heteroatoms. The van der Waals surface area contributed by atoms with Crippen LogP contribution in [0.2, 0.25) is 0 Å². The molecule has 0 bridgehead atoms. The highest BCUT2D eigenvalue weighted by molar-refractivity contribution is 5.95. The van der Waals surface area contributed by atoms with E-state index in [1.807, 2.05) is 0 Å². The van der Waals surface area contributed by atoms with Gasteiger partial charge in [-0.25, -0.2) is 0 Å². The second-order valence-electron chi connectivity index (χ2n) is 3.42. The van der Waals surface area contributed by atoms with Crippen LogP contribution in [0.3, 0.4) is 0 Å². The summed E-state index contributed by atoms with van der Waals surface area (Å²) in [6.45, 7) is 0. The molecule has 2 aromatic rings. The van der Waals surface area contributed by atoms with Crippen molar-refractivity contribution in [3.63, 3.8) is 0 Å². The molecule has 1 heterocycles. The molecule has 1 aromatic carbocycles. The number of furan rings is 1. The van der Waals surface area contributed by atoms with Crippen molar-refractivity contribution in [2.45, 2.75) is 0 Å². The number of benzene rings is 1. The summed E-state index contributed by atoms with van der Waals surface area (Å²) in [4.78, 5) is 10.4. The third kappa shape index (κ3) is 2.01. The smallest absolute Gasteiger partial charge is 0.280 e. The van der Waals surface area contributed by atoms with Crippen LogP contribution >= 0.6 is 0 Å². The van der Waals surface area contributed by atoms with E-state index in [4.69, 9.17) is 15.4 Å². The van der Waals surface area contributed by atoms with Gasteiger partial charge < -0.3 is 15.4 Å². The lowest BCUT2D eigenvalue weighted by molar-refractivity contribution is -0.384. The van der Waals surface area contributed by atoms with Crippen LogP contribution in [0.4, 0.5) is 5.69 Å². The molecule has 0 radical (unpaired) electrons. The van der Waals surface area contributed by atoms with Crippen molar-refractivity contribution in [2.75, 3.05) is 0 Å². The quantitative estimate of drug-likeness (QED) is 0.283. The summed E-state index contributed by atoms with van der Waals surface area (Å²) < 4.78 is 5.29. The molecule has 92 valence electrons. The van der Waals surface area contributed by atoms with Gasteiger partial charge in [0, 0.05) is 6.07 Å². The molecule has 0 amide bonds. The predicted octanol–water partition coefficient (Wildman–Crippen LogP) is 1.95. The van der Waals surface area contributed by atoms with E-state index in [0.29, 0.717) is 5.56 Å². The third-order valence-corrected chi connectivity index (χ3v) is 2.33. The van der Waals surface area contributed by atoms with Crippen molar-refractivity contribution in [2.24, 2.45) is 10.9 Å². The number of nitrogens with two attached hydrogens (primary N) is 1.